The molecule has 0 radical (unpaired) electrons. The molecule has 1 aromatic heterocycles. The van der Waals surface area contributed by atoms with Gasteiger partial charge in [-0.25, -0.2) is 9.78 Å². The number of aromatic nitrogens is 3. The SMILES string of the molecule is CCCOC(=O)c1ccc(S(=O)(=O)n2cnc(C3CC3)n2)cc1. The molecule has 1 aliphatic carbocycles. The maximum Gasteiger partial charge on any atom is 0.338 e. The standard InChI is InChI=1S/C15H17N3O4S/c1-2-9-22-15(19)12-5-7-13(8-6-12)23(20,21)18-10-16-14(17-18)11-3-4-11/h5-8,10-11H,2-4,9H2,1H3. The first kappa shape index (κ1) is 15.7. The molecule has 23 heavy (non-hydrogen) atoms. The van der Waals surface area contributed by atoms with Gasteiger partial charge in [0.25, 0.3) is 10.0 Å². The van der Waals surface area contributed by atoms with Crippen LogP contribution in [0.5, 0.6) is 0 Å². The van der Waals surface area contributed by atoms with Gasteiger partial charge < -0.3 is 4.74 Å². The van der Waals surface area contributed by atoms with Crippen LogP contribution in [0.25, 0.3) is 0 Å². The molecule has 0 unspecified atom stereocenters. The molecule has 3 rings (SSSR count). The topological polar surface area (TPSA) is 91.2 Å². The fraction of sp³-hybridized carbons (Fsp3) is 0.400. The van der Waals surface area contributed by atoms with Crippen molar-refractivity contribution < 1.29 is 17.9 Å². The third-order valence-electron chi connectivity index (χ3n) is 3.50. The Morgan fingerprint density at radius 3 is 2.61 bits per heavy atom. The second kappa shape index (κ2) is 6.11. The first-order chi connectivity index (χ1) is 11.0. The smallest absolute Gasteiger partial charge is 0.338 e. The third-order valence-corrected chi connectivity index (χ3v) is 5.04. The van der Waals surface area contributed by atoms with E-state index >= 15 is 0 Å². The number of rotatable bonds is 6. The average molecular weight is 335 g/mol. The second-order valence-electron chi connectivity index (χ2n) is 5.41. The second-order valence-corrected chi connectivity index (χ2v) is 7.21. The molecule has 7 nitrogen and oxygen atoms in total. The number of hydrogen-bond acceptors (Lipinski definition) is 6. The molecule has 0 bridgehead atoms. The molecule has 0 spiro atoms. The van der Waals surface area contributed by atoms with E-state index in [2.05, 4.69) is 10.1 Å². The monoisotopic (exact) mass is 335 g/mol. The van der Waals surface area contributed by atoms with Gasteiger partial charge in [-0.05, 0) is 43.5 Å². The molecule has 0 N–H and O–H groups in total. The Morgan fingerprint density at radius 1 is 1.30 bits per heavy atom. The molecule has 1 fully saturated rings. The van der Waals surface area contributed by atoms with Crippen LogP contribution < -0.4 is 0 Å². The summed E-state index contributed by atoms with van der Waals surface area (Å²) in [4.78, 5) is 15.8. The Kier molecular flexibility index (Phi) is 4.16. The lowest BCUT2D eigenvalue weighted by Crippen LogP contribution is -2.14. The highest BCUT2D eigenvalue weighted by molar-refractivity contribution is 7.89. The van der Waals surface area contributed by atoms with Crippen molar-refractivity contribution in [3.63, 3.8) is 0 Å². The van der Waals surface area contributed by atoms with E-state index in [9.17, 15) is 13.2 Å². The Hall–Kier alpha value is -2.22. The Bertz CT molecular complexity index is 808. The molecule has 0 atom stereocenters. The maximum absolute atomic E-state index is 12.5. The van der Waals surface area contributed by atoms with E-state index in [0.717, 1.165) is 23.3 Å². The first-order valence-electron chi connectivity index (χ1n) is 7.46. The largest absolute Gasteiger partial charge is 0.462 e. The van der Waals surface area contributed by atoms with Crippen molar-refractivity contribution in [2.75, 3.05) is 6.61 Å². The minimum atomic E-state index is -3.79. The van der Waals surface area contributed by atoms with Crippen LogP contribution in [0.1, 0.15) is 48.3 Å². The molecule has 1 aromatic carbocycles. The van der Waals surface area contributed by atoms with E-state index in [1.165, 1.54) is 30.6 Å². The number of carbonyl (C=O) groups excluding carboxylic acids is 1. The van der Waals surface area contributed by atoms with Gasteiger partial charge in [0.15, 0.2) is 5.82 Å². The zero-order chi connectivity index (χ0) is 16.4. The molecule has 0 amide bonds. The summed E-state index contributed by atoms with van der Waals surface area (Å²) in [6, 6.07) is 5.61. The average Bonchev–Trinajstić information content (AvgIpc) is 3.29. The van der Waals surface area contributed by atoms with Crippen LogP contribution in [-0.2, 0) is 14.8 Å². The Balaban J connectivity index is 1.80. The van der Waals surface area contributed by atoms with Crippen molar-refractivity contribution in [3.05, 3.63) is 42.0 Å². The quantitative estimate of drug-likeness (QED) is 0.750. The predicted octanol–water partition coefficient (Wildman–Crippen LogP) is 1.96. The number of benzene rings is 1. The summed E-state index contributed by atoms with van der Waals surface area (Å²) < 4.78 is 30.9. The van der Waals surface area contributed by atoms with E-state index in [1.54, 1.807) is 0 Å². The number of carbonyl (C=O) groups is 1. The maximum atomic E-state index is 12.5. The van der Waals surface area contributed by atoms with E-state index in [-0.39, 0.29) is 10.8 Å². The van der Waals surface area contributed by atoms with Gasteiger partial charge in [0.2, 0.25) is 0 Å². The lowest BCUT2D eigenvalue weighted by atomic mass is 10.2. The molecular weight excluding hydrogens is 318 g/mol. The highest BCUT2D eigenvalue weighted by Crippen LogP contribution is 2.37. The number of hydrogen-bond donors (Lipinski definition) is 0. The van der Waals surface area contributed by atoms with Crippen molar-refractivity contribution in [2.24, 2.45) is 0 Å². The van der Waals surface area contributed by atoms with Gasteiger partial charge in [0.1, 0.15) is 6.33 Å². The van der Waals surface area contributed by atoms with Crippen LogP contribution in [-0.4, -0.2) is 35.2 Å². The predicted molar refractivity (Wildman–Crippen MR) is 81.6 cm³/mol. The minimum absolute atomic E-state index is 0.0526. The summed E-state index contributed by atoms with van der Waals surface area (Å²) in [5, 5.41) is 4.04. The summed E-state index contributed by atoms with van der Waals surface area (Å²) in [5.41, 5.74) is 0.314. The summed E-state index contributed by atoms with van der Waals surface area (Å²) in [7, 11) is -3.79. The fourth-order valence-electron chi connectivity index (χ4n) is 2.05. The van der Waals surface area contributed by atoms with Crippen LogP contribution in [0.4, 0.5) is 0 Å². The van der Waals surface area contributed by atoms with Crippen LogP contribution in [0.3, 0.4) is 0 Å². The molecule has 1 heterocycles. The molecule has 0 saturated heterocycles. The van der Waals surface area contributed by atoms with Crippen LogP contribution in [0, 0.1) is 0 Å². The van der Waals surface area contributed by atoms with Gasteiger partial charge in [-0.2, -0.15) is 8.42 Å². The summed E-state index contributed by atoms with van der Waals surface area (Å²) in [6.07, 6.45) is 3.94. The van der Waals surface area contributed by atoms with E-state index in [1.807, 2.05) is 6.92 Å². The molecule has 8 heteroatoms. The van der Waals surface area contributed by atoms with Crippen molar-refractivity contribution in [1.82, 2.24) is 14.2 Å². The highest BCUT2D eigenvalue weighted by Gasteiger charge is 2.29. The van der Waals surface area contributed by atoms with Crippen LogP contribution >= 0.6 is 0 Å². The first-order valence-corrected chi connectivity index (χ1v) is 8.90. The van der Waals surface area contributed by atoms with Crippen molar-refractivity contribution in [2.45, 2.75) is 37.0 Å². The van der Waals surface area contributed by atoms with Gasteiger partial charge >= 0.3 is 5.97 Å². The highest BCUT2D eigenvalue weighted by atomic mass is 32.2. The zero-order valence-corrected chi connectivity index (χ0v) is 13.5. The van der Waals surface area contributed by atoms with Gasteiger partial charge in [0.05, 0.1) is 17.1 Å². The van der Waals surface area contributed by atoms with Crippen molar-refractivity contribution >= 4 is 16.0 Å². The van der Waals surface area contributed by atoms with Gasteiger partial charge in [-0.1, -0.05) is 6.92 Å². The normalized spacial score (nSPS) is 14.7. The van der Waals surface area contributed by atoms with Crippen LogP contribution in [0.2, 0.25) is 0 Å². The third kappa shape index (κ3) is 3.26. The molecule has 1 aliphatic rings. The number of esters is 1. The zero-order valence-electron chi connectivity index (χ0n) is 12.7. The Morgan fingerprint density at radius 2 is 2.00 bits per heavy atom. The van der Waals surface area contributed by atoms with E-state index < -0.39 is 16.0 Å². The van der Waals surface area contributed by atoms with Crippen molar-refractivity contribution in [1.29, 1.82) is 0 Å². The molecule has 0 aliphatic heterocycles. The van der Waals surface area contributed by atoms with E-state index in [4.69, 9.17) is 4.74 Å². The molecular formula is C15H17N3O4S. The summed E-state index contributed by atoms with van der Waals surface area (Å²) >= 11 is 0. The van der Waals surface area contributed by atoms with Gasteiger partial charge in [-0.3, -0.25) is 0 Å². The number of ether oxygens (including phenoxy) is 1. The summed E-state index contributed by atoms with van der Waals surface area (Å²) in [5.74, 6) is 0.378. The Labute approximate surface area is 134 Å². The summed E-state index contributed by atoms with van der Waals surface area (Å²) in [6.45, 7) is 2.23. The number of nitrogens with zero attached hydrogens (tertiary/aromatic N) is 3. The minimum Gasteiger partial charge on any atom is -0.462 e. The lowest BCUT2D eigenvalue weighted by Gasteiger charge is -2.06. The lowest BCUT2D eigenvalue weighted by molar-refractivity contribution is 0.0505. The van der Waals surface area contributed by atoms with Crippen LogP contribution in [0.15, 0.2) is 35.5 Å². The van der Waals surface area contributed by atoms with E-state index in [0.29, 0.717) is 18.0 Å². The fourth-order valence-corrected chi connectivity index (χ4v) is 3.11. The van der Waals surface area contributed by atoms with Crippen molar-refractivity contribution in [3.8, 4) is 0 Å². The molecule has 2 aromatic rings. The van der Waals surface area contributed by atoms with Gasteiger partial charge in [0, 0.05) is 5.92 Å². The van der Waals surface area contributed by atoms with Gasteiger partial charge in [-0.15, -0.1) is 9.19 Å². The molecule has 122 valence electrons. The molecule has 1 saturated carbocycles.